The highest BCUT2D eigenvalue weighted by Gasteiger charge is 2.29. The van der Waals surface area contributed by atoms with Gasteiger partial charge in [-0.05, 0) is 109 Å². The minimum atomic E-state index is -4.33. The first kappa shape index (κ1) is 48.6. The van der Waals surface area contributed by atoms with Crippen LogP contribution in [0.4, 0.5) is 42.1 Å². The lowest BCUT2D eigenvalue weighted by Gasteiger charge is -2.14. The van der Waals surface area contributed by atoms with Gasteiger partial charge in [-0.15, -0.1) is 0 Å². The molecule has 2 amide bonds. The number of aryl methyl sites for hydroxylation is 2. The molecule has 0 aliphatic heterocycles. The molecule has 69 heavy (non-hydrogen) atoms. The quantitative estimate of drug-likeness (QED) is 0.0746. The van der Waals surface area contributed by atoms with Crippen LogP contribution in [0.5, 0.6) is 17.2 Å². The first-order chi connectivity index (χ1) is 32.8. The van der Waals surface area contributed by atoms with Gasteiger partial charge in [-0.1, -0.05) is 12.1 Å². The summed E-state index contributed by atoms with van der Waals surface area (Å²) < 4.78 is 105. The number of aromatic nitrogens is 4. The first-order valence-electron chi connectivity index (χ1n) is 22.0. The minimum Gasteiger partial charge on any atom is -0.494 e. The summed E-state index contributed by atoms with van der Waals surface area (Å²) in [6.45, 7) is 3.12. The summed E-state index contributed by atoms with van der Waals surface area (Å²) in [5, 5.41) is 11.6. The van der Waals surface area contributed by atoms with Crippen LogP contribution in [0.25, 0.3) is 33.8 Å². The van der Waals surface area contributed by atoms with Gasteiger partial charge in [0.05, 0.1) is 61.3 Å². The second-order valence-electron chi connectivity index (χ2n) is 16.9. The number of pyridine rings is 2. The van der Waals surface area contributed by atoms with Crippen molar-refractivity contribution in [2.24, 2.45) is 0 Å². The number of rotatable bonds is 15. The van der Waals surface area contributed by atoms with E-state index in [2.05, 4.69) is 47.2 Å². The normalized spacial score (nSPS) is 13.7. The van der Waals surface area contributed by atoms with Gasteiger partial charge in [-0.3, -0.25) is 18.4 Å². The van der Waals surface area contributed by atoms with Crippen molar-refractivity contribution in [1.29, 1.82) is 0 Å². The number of hydrogen-bond donors (Lipinski definition) is 4. The van der Waals surface area contributed by atoms with Crippen LogP contribution in [0, 0.1) is 19.7 Å². The van der Waals surface area contributed by atoms with Gasteiger partial charge < -0.3 is 30.7 Å². The number of amides is 2. The maximum Gasteiger partial charge on any atom is 0.390 e. The summed E-state index contributed by atoms with van der Waals surface area (Å²) >= 11 is 3.42. The molecule has 3 aromatic carbocycles. The number of nitrogens with zero attached hydrogens (tertiary/aromatic N) is 4. The number of ether oxygens (including phenoxy) is 2. The summed E-state index contributed by atoms with van der Waals surface area (Å²) in [7, 11) is 1.35. The molecule has 7 aromatic rings. The van der Waals surface area contributed by atoms with E-state index in [0.29, 0.717) is 44.0 Å². The van der Waals surface area contributed by atoms with Gasteiger partial charge in [-0.2, -0.15) is 26.3 Å². The predicted octanol–water partition coefficient (Wildman–Crippen LogP) is 11.8. The fourth-order valence-electron chi connectivity index (χ4n) is 7.52. The fraction of sp³-hybridized carbons (Fsp3) is 0.306. The minimum absolute atomic E-state index is 0.0498. The van der Waals surface area contributed by atoms with Gasteiger partial charge >= 0.3 is 12.4 Å². The second kappa shape index (κ2) is 20.0. The van der Waals surface area contributed by atoms with E-state index in [1.165, 1.54) is 25.3 Å². The van der Waals surface area contributed by atoms with Crippen LogP contribution in [0.3, 0.4) is 0 Å². The third kappa shape index (κ3) is 12.3. The lowest BCUT2D eigenvalue weighted by molar-refractivity contribution is -0.132. The van der Waals surface area contributed by atoms with E-state index in [1.54, 1.807) is 47.3 Å². The number of imidazole rings is 2. The van der Waals surface area contributed by atoms with Crippen molar-refractivity contribution in [3.05, 3.63) is 124 Å². The zero-order valence-corrected chi connectivity index (χ0v) is 39.0. The highest BCUT2D eigenvalue weighted by Crippen LogP contribution is 2.35. The number of halogens is 8. The number of hydrogen-bond acceptors (Lipinski definition) is 8. The average Bonchev–Trinajstić information content (AvgIpc) is 4.19. The standard InChI is InChI=1S/C28H26F4N4O3.C21H20BrF3N4O/c1-16-11-17(3-7-21(16)27(37)35-18-4-5-18)24-14-34-26-23(33-10-9-28(30,31)32)13-20(15-36(24)26)39-19-6-8-25(38-2)22(29)12-19;1-12-8-13(2-5-16(12)20(30)28-15-3-4-15)18-10-27-19-17(9-14(22)11-29(18)19)26-7-6-21(23,24)25/h3,6-8,11-15,18,33H,4-5,9-10H2,1-2H3,(H,35,37);2,5,8-11,15,26H,3-4,6-7H2,1H3,(H,28,30). The molecule has 0 unspecified atom stereocenters. The van der Waals surface area contributed by atoms with Crippen molar-refractivity contribution in [2.75, 3.05) is 30.8 Å². The Morgan fingerprint density at radius 1 is 0.681 bits per heavy atom. The topological polar surface area (TPSA) is 135 Å². The van der Waals surface area contributed by atoms with Crippen molar-refractivity contribution in [3.63, 3.8) is 0 Å². The van der Waals surface area contributed by atoms with Crippen LogP contribution >= 0.6 is 15.9 Å². The molecule has 2 aliphatic carbocycles. The van der Waals surface area contributed by atoms with Crippen molar-refractivity contribution in [3.8, 4) is 39.8 Å². The third-order valence-corrected chi connectivity index (χ3v) is 11.8. The molecular formula is C49H46BrF7N8O4. The monoisotopic (exact) mass is 1020 g/mol. The van der Waals surface area contributed by atoms with Gasteiger partial charge in [0, 0.05) is 70.2 Å². The Bertz CT molecular complexity index is 3040. The molecule has 4 N–H and O–H groups in total. The van der Waals surface area contributed by atoms with E-state index in [4.69, 9.17) is 9.47 Å². The summed E-state index contributed by atoms with van der Waals surface area (Å²) in [6, 6.07) is 18.8. The van der Waals surface area contributed by atoms with Crippen LogP contribution in [0.1, 0.15) is 70.4 Å². The molecule has 2 saturated carbocycles. The summed E-state index contributed by atoms with van der Waals surface area (Å²) in [4.78, 5) is 33.8. The van der Waals surface area contributed by atoms with E-state index >= 15 is 0 Å². The highest BCUT2D eigenvalue weighted by molar-refractivity contribution is 9.10. The smallest absolute Gasteiger partial charge is 0.390 e. The Labute approximate surface area is 399 Å². The third-order valence-electron chi connectivity index (χ3n) is 11.3. The number of nitrogens with one attached hydrogen (secondary N) is 4. The molecule has 2 fully saturated rings. The zero-order valence-electron chi connectivity index (χ0n) is 37.4. The summed E-state index contributed by atoms with van der Waals surface area (Å²) in [5.74, 6) is -0.342. The van der Waals surface area contributed by atoms with E-state index in [1.807, 2.05) is 42.6 Å². The number of anilines is 2. The van der Waals surface area contributed by atoms with Crippen LogP contribution < -0.4 is 30.7 Å². The molecule has 9 rings (SSSR count). The fourth-order valence-corrected chi connectivity index (χ4v) is 7.95. The van der Waals surface area contributed by atoms with Crippen molar-refractivity contribution < 1.29 is 49.8 Å². The second-order valence-corrected chi connectivity index (χ2v) is 17.8. The SMILES string of the molecule is COc1ccc(Oc2cc(NCCC(F)(F)F)c3ncc(-c4ccc(C(=O)NC5CC5)c(C)c4)n3c2)cc1F.Cc1cc(-c2cnc3c(NCCC(F)(F)F)cc(Br)cn23)ccc1C(=O)NC1CC1. The lowest BCUT2D eigenvalue weighted by Crippen LogP contribution is -2.26. The number of methoxy groups -OCH3 is 1. The molecule has 12 nitrogen and oxygen atoms in total. The Hall–Kier alpha value is -6.83. The van der Waals surface area contributed by atoms with E-state index < -0.39 is 31.0 Å². The molecule has 0 atom stereocenters. The Morgan fingerprint density at radius 2 is 1.17 bits per heavy atom. The molecule has 362 valence electrons. The van der Waals surface area contributed by atoms with Crippen molar-refractivity contribution in [1.82, 2.24) is 29.4 Å². The lowest BCUT2D eigenvalue weighted by atomic mass is 10.0. The van der Waals surface area contributed by atoms with Crippen LogP contribution in [-0.2, 0) is 0 Å². The molecule has 0 bridgehead atoms. The molecule has 20 heteroatoms. The van der Waals surface area contributed by atoms with Gasteiger partial charge in [-0.25, -0.2) is 14.4 Å². The number of fused-ring (bicyclic) bond motifs is 2. The summed E-state index contributed by atoms with van der Waals surface area (Å²) in [6.07, 6.45) is 0.216. The molecule has 4 aromatic heterocycles. The Balaban J connectivity index is 0.000000192. The van der Waals surface area contributed by atoms with Crippen LogP contribution in [-0.4, -0.2) is 75.2 Å². The number of alkyl halides is 6. The van der Waals surface area contributed by atoms with Gasteiger partial charge in [0.15, 0.2) is 22.9 Å². The first-order valence-corrected chi connectivity index (χ1v) is 22.8. The van der Waals surface area contributed by atoms with Gasteiger partial charge in [0.1, 0.15) is 11.5 Å². The number of carbonyl (C=O) groups excluding carboxylic acids is 2. The average molecular weight is 1020 g/mol. The number of benzene rings is 3. The molecule has 0 radical (unpaired) electrons. The van der Waals surface area contributed by atoms with E-state index in [9.17, 15) is 40.3 Å². The van der Waals surface area contributed by atoms with Crippen LogP contribution in [0.2, 0.25) is 0 Å². The molecular weight excluding hydrogens is 977 g/mol. The molecule has 4 heterocycles. The predicted molar refractivity (Wildman–Crippen MR) is 251 cm³/mol. The van der Waals surface area contributed by atoms with Gasteiger partial charge in [0.2, 0.25) is 0 Å². The highest BCUT2D eigenvalue weighted by atomic mass is 79.9. The zero-order chi connectivity index (χ0) is 49.2. The maximum absolute atomic E-state index is 14.2. The molecule has 0 saturated heterocycles. The number of carbonyl (C=O) groups is 2. The van der Waals surface area contributed by atoms with E-state index in [-0.39, 0.29) is 54.2 Å². The molecule has 0 spiro atoms. The van der Waals surface area contributed by atoms with E-state index in [0.717, 1.165) is 59.7 Å². The van der Waals surface area contributed by atoms with Crippen molar-refractivity contribution >= 4 is 50.4 Å². The Kier molecular flexibility index (Phi) is 14.1. The molecule has 2 aliphatic rings. The van der Waals surface area contributed by atoms with Crippen molar-refractivity contribution in [2.45, 2.75) is 76.8 Å². The maximum atomic E-state index is 14.2. The summed E-state index contributed by atoms with van der Waals surface area (Å²) in [5.41, 5.74) is 7.58. The Morgan fingerprint density at radius 3 is 1.62 bits per heavy atom. The van der Waals surface area contributed by atoms with Crippen LogP contribution in [0.15, 0.2) is 96.0 Å². The largest absolute Gasteiger partial charge is 0.494 e. The van der Waals surface area contributed by atoms with Gasteiger partial charge in [0.25, 0.3) is 11.8 Å².